The Morgan fingerprint density at radius 1 is 0.255 bits per heavy atom. The molecule has 476 valence electrons. The van der Waals surface area contributed by atoms with Crippen LogP contribution >= 0.6 is 22.7 Å². The van der Waals surface area contributed by atoms with Gasteiger partial charge in [-0.1, -0.05) is 280 Å². The number of hydrogen-bond acceptors (Lipinski definition) is 4. The van der Waals surface area contributed by atoms with Gasteiger partial charge in [-0.15, -0.1) is 22.7 Å². The summed E-state index contributed by atoms with van der Waals surface area (Å²) in [6.45, 7) is 17.6. The summed E-state index contributed by atoms with van der Waals surface area (Å²) in [5.74, 6) is 0. The molecule has 0 unspecified atom stereocenters. The molecule has 0 fully saturated rings. The first kappa shape index (κ1) is 63.2. The van der Waals surface area contributed by atoms with E-state index in [1.807, 2.05) is 77.3 Å². The van der Waals surface area contributed by atoms with E-state index in [-0.39, 0.29) is 10.8 Å². The van der Waals surface area contributed by atoms with E-state index in [1.54, 1.807) is 0 Å². The minimum absolute atomic E-state index is 0.150. The molecule has 98 heavy (non-hydrogen) atoms. The Morgan fingerprint density at radius 3 is 1.35 bits per heavy atom. The lowest BCUT2D eigenvalue weighted by molar-refractivity contribution is 0.655. The van der Waals surface area contributed by atoms with Gasteiger partial charge < -0.3 is 8.83 Å². The number of rotatable bonds is 2. The Morgan fingerprint density at radius 2 is 0.663 bits per heavy atom. The molecule has 0 spiro atoms. The first-order valence-electron chi connectivity index (χ1n) is 33.9. The topological polar surface area (TPSA) is 26.3 Å². The van der Waals surface area contributed by atoms with Crippen molar-refractivity contribution < 1.29 is 8.83 Å². The molecule has 0 aliphatic heterocycles. The number of benzene rings is 14. The third kappa shape index (κ3) is 11.5. The van der Waals surface area contributed by atoms with Gasteiger partial charge in [0.25, 0.3) is 0 Å². The maximum absolute atomic E-state index is 5.73. The molecule has 2 aliphatic carbocycles. The van der Waals surface area contributed by atoms with Crippen LogP contribution in [-0.4, -0.2) is 0 Å². The molecule has 0 saturated heterocycles. The van der Waals surface area contributed by atoms with Crippen LogP contribution in [-0.2, 0) is 10.8 Å². The highest BCUT2D eigenvalue weighted by molar-refractivity contribution is 7.26. The fourth-order valence-electron chi connectivity index (χ4n) is 15.4. The molecule has 20 rings (SSSR count). The van der Waals surface area contributed by atoms with Crippen molar-refractivity contribution >= 4 is 107 Å². The van der Waals surface area contributed by atoms with Crippen LogP contribution in [0.25, 0.3) is 106 Å². The van der Waals surface area contributed by atoms with Gasteiger partial charge in [-0.25, -0.2) is 0 Å². The van der Waals surface area contributed by atoms with E-state index in [2.05, 4.69) is 316 Å². The molecule has 0 amide bonds. The molecular formula is C94H76O2S2. The molecule has 4 heterocycles. The van der Waals surface area contributed by atoms with E-state index >= 15 is 0 Å². The highest BCUT2D eigenvalue weighted by atomic mass is 32.1. The number of hydrogen-bond donors (Lipinski definition) is 0. The van der Waals surface area contributed by atoms with Gasteiger partial charge in [-0.2, -0.15) is 0 Å². The minimum atomic E-state index is -0.264. The zero-order chi connectivity index (χ0) is 67.1. The second kappa shape index (κ2) is 26.6. The van der Waals surface area contributed by atoms with Crippen molar-refractivity contribution in [3.63, 3.8) is 0 Å². The molecule has 0 saturated carbocycles. The van der Waals surface area contributed by atoms with E-state index in [4.69, 9.17) is 8.83 Å². The van der Waals surface area contributed by atoms with Crippen LogP contribution in [0.3, 0.4) is 0 Å². The standard InChI is InChI=1S/C26H20.C16H16.2C13H10O.2C13H10S/c1-19-11-10-17-23-22-16-8-9-18-24(22)26(25(19)23,20-12-4-2-5-13-20)21-14-6-3-7-15-21;1-11-7-6-9-13-12-8-4-5-10-14(12)16(2,3)15(11)13;1-9-5-4-8-12-13(9)10-6-2-3-7-11(10)14-12;1-9-6-7-13-11(8-9)10-4-2-3-5-12(10)14-13;1-9-5-4-8-12-13(9)10-6-2-3-7-11(10)14-12;1-9-6-7-13-11(8-9)10-4-2-3-5-12(10)14-13/h2-18H,1H3;4-10H,1-3H3;4*2-8H,1H3. The van der Waals surface area contributed by atoms with Crippen molar-refractivity contribution in [2.45, 2.75) is 66.2 Å². The fourth-order valence-corrected chi connectivity index (χ4v) is 17.7. The van der Waals surface area contributed by atoms with Gasteiger partial charge in [0, 0.05) is 67.3 Å². The third-order valence-electron chi connectivity index (χ3n) is 19.8. The van der Waals surface area contributed by atoms with Crippen molar-refractivity contribution in [3.8, 4) is 22.3 Å². The smallest absolute Gasteiger partial charge is 0.135 e. The highest BCUT2D eigenvalue weighted by Gasteiger charge is 2.46. The fraction of sp³-hybridized carbons (Fsp3) is 0.106. The monoisotopic (exact) mass is 1300 g/mol. The average molecular weight is 1300 g/mol. The van der Waals surface area contributed by atoms with Crippen LogP contribution in [0, 0.1) is 41.5 Å². The zero-order valence-corrected chi connectivity index (χ0v) is 58.3. The van der Waals surface area contributed by atoms with Crippen molar-refractivity contribution in [2.24, 2.45) is 0 Å². The van der Waals surface area contributed by atoms with E-state index in [1.165, 1.54) is 151 Å². The first-order valence-corrected chi connectivity index (χ1v) is 35.5. The van der Waals surface area contributed by atoms with E-state index in [0.717, 1.165) is 22.3 Å². The summed E-state index contributed by atoms with van der Waals surface area (Å²) in [6, 6.07) is 112. The van der Waals surface area contributed by atoms with Crippen molar-refractivity contribution in [1.29, 1.82) is 0 Å². The van der Waals surface area contributed by atoms with Gasteiger partial charge in [0.1, 0.15) is 22.3 Å². The lowest BCUT2D eigenvalue weighted by atomic mass is 9.67. The van der Waals surface area contributed by atoms with Crippen molar-refractivity contribution in [3.05, 3.63) is 382 Å². The van der Waals surface area contributed by atoms with Gasteiger partial charge in [0.05, 0.1) is 5.41 Å². The lowest BCUT2D eigenvalue weighted by Gasteiger charge is -2.34. The number of para-hydroxylation sites is 2. The summed E-state index contributed by atoms with van der Waals surface area (Å²) in [6.07, 6.45) is 0. The van der Waals surface area contributed by atoms with E-state index in [0.29, 0.717) is 0 Å². The molecule has 14 aromatic carbocycles. The summed E-state index contributed by atoms with van der Waals surface area (Å²) < 4.78 is 17.0. The number of aryl methyl sites for hydroxylation is 6. The summed E-state index contributed by atoms with van der Waals surface area (Å²) >= 11 is 3.75. The van der Waals surface area contributed by atoms with E-state index in [9.17, 15) is 0 Å². The average Bonchev–Trinajstić information content (AvgIpc) is 1.57. The minimum Gasteiger partial charge on any atom is -0.456 e. The summed E-state index contributed by atoms with van der Waals surface area (Å²) in [5, 5.41) is 10.5. The highest BCUT2D eigenvalue weighted by Crippen LogP contribution is 2.57. The van der Waals surface area contributed by atoms with Crippen LogP contribution in [0.5, 0.6) is 0 Å². The van der Waals surface area contributed by atoms with Crippen LogP contribution in [0.1, 0.15) is 80.6 Å². The molecule has 4 heteroatoms. The van der Waals surface area contributed by atoms with Gasteiger partial charge in [-0.3, -0.25) is 0 Å². The summed E-state index contributed by atoms with van der Waals surface area (Å²) in [4.78, 5) is 0. The lowest BCUT2D eigenvalue weighted by Crippen LogP contribution is -2.29. The molecular weight excluding hydrogens is 1230 g/mol. The maximum Gasteiger partial charge on any atom is 0.135 e. The molecule has 0 atom stereocenters. The Bertz CT molecular complexity index is 5670. The third-order valence-corrected chi connectivity index (χ3v) is 22.0. The van der Waals surface area contributed by atoms with Crippen LogP contribution in [0.4, 0.5) is 0 Å². The number of furan rings is 2. The number of fused-ring (bicyclic) bond motifs is 18. The first-order chi connectivity index (χ1) is 47.9. The maximum atomic E-state index is 5.73. The molecule has 18 aromatic rings. The van der Waals surface area contributed by atoms with Gasteiger partial charge in [-0.05, 0) is 180 Å². The molecule has 0 bridgehead atoms. The molecule has 0 radical (unpaired) electrons. The predicted octanol–water partition coefficient (Wildman–Crippen LogP) is 27.2. The van der Waals surface area contributed by atoms with Gasteiger partial charge >= 0.3 is 0 Å². The normalized spacial score (nSPS) is 12.7. The Hall–Kier alpha value is -10.9. The van der Waals surface area contributed by atoms with Gasteiger partial charge in [0.15, 0.2) is 0 Å². The van der Waals surface area contributed by atoms with Crippen LogP contribution in [0.2, 0.25) is 0 Å². The molecule has 2 nitrogen and oxygen atoms in total. The Kier molecular flexibility index (Phi) is 17.2. The largest absolute Gasteiger partial charge is 0.456 e. The van der Waals surface area contributed by atoms with E-state index < -0.39 is 0 Å². The quantitative estimate of drug-likeness (QED) is 0.172. The van der Waals surface area contributed by atoms with Crippen molar-refractivity contribution in [1.82, 2.24) is 0 Å². The molecule has 0 N–H and O–H groups in total. The SMILES string of the molecule is Cc1ccc2oc3ccccc3c2c1.Cc1ccc2sc3ccccc3c2c1.Cc1cccc2c1C(C)(C)c1ccccc1-2.Cc1cccc2c1C(c1ccccc1)(c1ccccc1)c1ccccc1-2.Cc1cccc2oc3ccccc3c12.Cc1cccc2sc3ccccc3c12. The zero-order valence-electron chi connectivity index (χ0n) is 56.7. The summed E-state index contributed by atoms with van der Waals surface area (Å²) in [7, 11) is 0. The Balaban J connectivity index is 0.0000000979. The van der Waals surface area contributed by atoms with Crippen LogP contribution in [0.15, 0.2) is 324 Å². The predicted molar refractivity (Wildman–Crippen MR) is 422 cm³/mol. The second-order valence-electron chi connectivity index (χ2n) is 26.5. The Labute approximate surface area is 582 Å². The second-order valence-corrected chi connectivity index (χ2v) is 28.6. The number of thiophene rings is 2. The molecule has 4 aromatic heterocycles. The van der Waals surface area contributed by atoms with Crippen LogP contribution < -0.4 is 0 Å². The molecule has 2 aliphatic rings. The van der Waals surface area contributed by atoms with Gasteiger partial charge in [0.2, 0.25) is 0 Å². The van der Waals surface area contributed by atoms with Crippen molar-refractivity contribution in [2.75, 3.05) is 0 Å². The summed E-state index contributed by atoms with van der Waals surface area (Å²) in [5.41, 5.74) is 25.7.